The second kappa shape index (κ2) is 7.15. The molecule has 1 aromatic carbocycles. The number of aliphatic hydroxyl groups is 1. The van der Waals surface area contributed by atoms with E-state index in [1.165, 1.54) is 6.07 Å². The van der Waals surface area contributed by atoms with Gasteiger partial charge in [0.2, 0.25) is 0 Å². The first-order valence-corrected chi connectivity index (χ1v) is 9.73. The van der Waals surface area contributed by atoms with Crippen LogP contribution in [0.15, 0.2) is 48.7 Å². The van der Waals surface area contributed by atoms with E-state index in [0.29, 0.717) is 6.42 Å². The summed E-state index contributed by atoms with van der Waals surface area (Å²) in [6.45, 7) is 3.72. The molecule has 2 aliphatic rings. The van der Waals surface area contributed by atoms with Crippen molar-refractivity contribution in [3.05, 3.63) is 65.5 Å². The van der Waals surface area contributed by atoms with Gasteiger partial charge in [-0.25, -0.2) is 14.6 Å². The topological polar surface area (TPSA) is 100.0 Å². The number of hydrogen-bond acceptors (Lipinski definition) is 5. The Bertz CT molecular complexity index is 913. The predicted octanol–water partition coefficient (Wildman–Crippen LogP) is 3.36. The Morgan fingerprint density at radius 2 is 1.93 bits per heavy atom. The molecule has 1 aromatic heterocycles. The van der Waals surface area contributed by atoms with E-state index >= 15 is 0 Å². The van der Waals surface area contributed by atoms with Gasteiger partial charge in [0.1, 0.15) is 11.3 Å². The Hall–Kier alpha value is -2.93. The van der Waals surface area contributed by atoms with E-state index in [0.717, 1.165) is 17.5 Å². The number of amides is 1. The van der Waals surface area contributed by atoms with E-state index in [4.69, 9.17) is 9.84 Å². The SMILES string of the molecule is CC1(C)OC(=O)N2[C@@H]([C@H](O)c3ccccc3)CC[C@H]2C1c1ccc(C(=O)O)nc1. The fourth-order valence-electron chi connectivity index (χ4n) is 4.79. The van der Waals surface area contributed by atoms with Crippen LogP contribution in [0, 0.1) is 0 Å². The first kappa shape index (κ1) is 19.4. The smallest absolute Gasteiger partial charge is 0.410 e. The lowest BCUT2D eigenvalue weighted by Gasteiger charge is -2.48. The van der Waals surface area contributed by atoms with Gasteiger partial charge in [0.25, 0.3) is 0 Å². The number of fused-ring (bicyclic) bond motifs is 1. The van der Waals surface area contributed by atoms with Crippen LogP contribution in [0.4, 0.5) is 4.79 Å². The lowest BCUT2D eigenvalue weighted by molar-refractivity contribution is -0.0751. The number of aliphatic hydroxyl groups excluding tert-OH is 1. The quantitative estimate of drug-likeness (QED) is 0.822. The molecule has 0 spiro atoms. The summed E-state index contributed by atoms with van der Waals surface area (Å²) in [5.41, 5.74) is 0.772. The van der Waals surface area contributed by atoms with Gasteiger partial charge in [-0.15, -0.1) is 0 Å². The van der Waals surface area contributed by atoms with Crippen molar-refractivity contribution >= 4 is 12.1 Å². The van der Waals surface area contributed by atoms with Crippen molar-refractivity contribution < 1.29 is 24.5 Å². The first-order valence-electron chi connectivity index (χ1n) is 9.73. The maximum Gasteiger partial charge on any atom is 0.410 e. The zero-order valence-corrected chi connectivity index (χ0v) is 16.4. The minimum atomic E-state index is -1.08. The van der Waals surface area contributed by atoms with Gasteiger partial charge < -0.3 is 14.9 Å². The molecule has 2 aromatic rings. The van der Waals surface area contributed by atoms with Gasteiger partial charge in [-0.05, 0) is 43.9 Å². The number of carboxylic acid groups (broad SMARTS) is 1. The lowest BCUT2D eigenvalue weighted by Crippen LogP contribution is -2.58. The predicted molar refractivity (Wildman–Crippen MR) is 105 cm³/mol. The van der Waals surface area contributed by atoms with E-state index in [-0.39, 0.29) is 23.7 Å². The van der Waals surface area contributed by atoms with Gasteiger partial charge in [-0.2, -0.15) is 0 Å². The highest BCUT2D eigenvalue weighted by Crippen LogP contribution is 2.48. The molecule has 7 nitrogen and oxygen atoms in total. The van der Waals surface area contributed by atoms with Gasteiger partial charge in [0.05, 0.1) is 12.1 Å². The number of aromatic carboxylic acids is 1. The number of nitrogens with zero attached hydrogens (tertiary/aromatic N) is 2. The Balaban J connectivity index is 1.67. The van der Waals surface area contributed by atoms with Crippen molar-refractivity contribution in [2.24, 2.45) is 0 Å². The number of rotatable bonds is 4. The van der Waals surface area contributed by atoms with Crippen molar-refractivity contribution in [1.82, 2.24) is 9.88 Å². The van der Waals surface area contributed by atoms with E-state index < -0.39 is 23.8 Å². The summed E-state index contributed by atoms with van der Waals surface area (Å²) in [5.74, 6) is -1.28. The molecule has 7 heteroatoms. The van der Waals surface area contributed by atoms with E-state index in [9.17, 15) is 14.7 Å². The van der Waals surface area contributed by atoms with Gasteiger partial charge in [0, 0.05) is 18.2 Å². The number of carboxylic acids is 1. The van der Waals surface area contributed by atoms with Crippen LogP contribution < -0.4 is 0 Å². The van der Waals surface area contributed by atoms with Gasteiger partial charge in [0.15, 0.2) is 0 Å². The Morgan fingerprint density at radius 1 is 1.21 bits per heavy atom. The van der Waals surface area contributed by atoms with Crippen molar-refractivity contribution in [3.8, 4) is 0 Å². The third-order valence-electron chi connectivity index (χ3n) is 6.04. The van der Waals surface area contributed by atoms with Crippen LogP contribution in [0.1, 0.15) is 60.3 Å². The Labute approximate surface area is 168 Å². The normalized spacial score (nSPS) is 26.5. The average Bonchev–Trinajstić information content (AvgIpc) is 3.12. The highest BCUT2D eigenvalue weighted by molar-refractivity contribution is 5.85. The van der Waals surface area contributed by atoms with Crippen LogP contribution in [0.3, 0.4) is 0 Å². The fraction of sp³-hybridized carbons (Fsp3) is 0.409. The molecular formula is C22H24N2O5. The second-order valence-corrected chi connectivity index (χ2v) is 8.21. The van der Waals surface area contributed by atoms with Crippen LogP contribution in [0.5, 0.6) is 0 Å². The summed E-state index contributed by atoms with van der Waals surface area (Å²) in [5, 5.41) is 20.0. The minimum Gasteiger partial charge on any atom is -0.477 e. The summed E-state index contributed by atoms with van der Waals surface area (Å²) in [6, 6.07) is 12.0. The maximum absolute atomic E-state index is 12.9. The summed E-state index contributed by atoms with van der Waals surface area (Å²) in [7, 11) is 0. The van der Waals surface area contributed by atoms with Crippen molar-refractivity contribution in [2.75, 3.05) is 0 Å². The molecule has 0 aliphatic carbocycles. The van der Waals surface area contributed by atoms with Crippen LogP contribution in [0.2, 0.25) is 0 Å². The van der Waals surface area contributed by atoms with Crippen molar-refractivity contribution in [1.29, 1.82) is 0 Å². The Kier molecular flexibility index (Phi) is 4.78. The second-order valence-electron chi connectivity index (χ2n) is 8.21. The molecule has 2 N–H and O–H groups in total. The minimum absolute atomic E-state index is 0.0278. The molecule has 0 bridgehead atoms. The molecule has 29 heavy (non-hydrogen) atoms. The lowest BCUT2D eigenvalue weighted by atomic mass is 9.77. The number of carbonyl (C=O) groups excluding carboxylic acids is 1. The van der Waals surface area contributed by atoms with Crippen molar-refractivity contribution in [3.63, 3.8) is 0 Å². The Morgan fingerprint density at radius 3 is 2.55 bits per heavy atom. The monoisotopic (exact) mass is 396 g/mol. The van der Waals surface area contributed by atoms with E-state index in [1.807, 2.05) is 44.2 Å². The van der Waals surface area contributed by atoms with Crippen molar-refractivity contribution in [2.45, 2.75) is 56.4 Å². The number of hydrogen-bond donors (Lipinski definition) is 2. The zero-order chi connectivity index (χ0) is 20.8. The summed E-state index contributed by atoms with van der Waals surface area (Å²) in [4.78, 5) is 29.7. The average molecular weight is 396 g/mol. The molecule has 2 fully saturated rings. The fourth-order valence-corrected chi connectivity index (χ4v) is 4.79. The number of cyclic esters (lactones) is 1. The summed E-state index contributed by atoms with van der Waals surface area (Å²) < 4.78 is 5.78. The largest absolute Gasteiger partial charge is 0.477 e. The summed E-state index contributed by atoms with van der Waals surface area (Å²) in [6.07, 6.45) is 1.70. The van der Waals surface area contributed by atoms with Crippen LogP contribution >= 0.6 is 0 Å². The number of aromatic nitrogens is 1. The molecule has 0 radical (unpaired) electrons. The first-order chi connectivity index (χ1) is 13.8. The molecule has 0 saturated carbocycles. The van der Waals surface area contributed by atoms with Crippen LogP contribution in [-0.2, 0) is 4.74 Å². The highest BCUT2D eigenvalue weighted by atomic mass is 16.6. The number of carbonyl (C=O) groups is 2. The van der Waals surface area contributed by atoms with Crippen LogP contribution in [0.25, 0.3) is 0 Å². The van der Waals surface area contributed by atoms with Crippen LogP contribution in [-0.4, -0.2) is 49.8 Å². The highest BCUT2D eigenvalue weighted by Gasteiger charge is 2.55. The zero-order valence-electron chi connectivity index (χ0n) is 16.4. The molecule has 4 atom stereocenters. The molecule has 152 valence electrons. The van der Waals surface area contributed by atoms with E-state index in [1.54, 1.807) is 17.2 Å². The molecule has 4 rings (SSSR count). The number of benzene rings is 1. The standard InChI is InChI=1S/C22H24N2O5/c1-22(2)18(14-8-9-15(20(26)27)23-12-14)16-10-11-17(24(16)21(28)29-22)19(25)13-6-4-3-5-7-13/h3-9,12,16-19,25H,10-11H2,1-2H3,(H,26,27)/t16-,17+,18?,19+/m0/s1. The third kappa shape index (κ3) is 3.35. The summed E-state index contributed by atoms with van der Waals surface area (Å²) >= 11 is 0. The molecule has 1 unspecified atom stereocenters. The molecular weight excluding hydrogens is 372 g/mol. The van der Waals surface area contributed by atoms with Gasteiger partial charge in [-0.3, -0.25) is 4.90 Å². The maximum atomic E-state index is 12.9. The molecule has 1 amide bonds. The number of ether oxygens (including phenoxy) is 1. The third-order valence-corrected chi connectivity index (χ3v) is 6.04. The van der Waals surface area contributed by atoms with Gasteiger partial charge in [-0.1, -0.05) is 36.4 Å². The van der Waals surface area contributed by atoms with E-state index in [2.05, 4.69) is 4.98 Å². The molecule has 3 heterocycles. The van der Waals surface area contributed by atoms with Gasteiger partial charge >= 0.3 is 12.1 Å². The molecule has 2 saturated heterocycles. The number of pyridine rings is 1. The molecule has 2 aliphatic heterocycles.